The Labute approximate surface area is 162 Å². The van der Waals surface area contributed by atoms with Gasteiger partial charge in [0.1, 0.15) is 5.69 Å². The van der Waals surface area contributed by atoms with E-state index >= 15 is 0 Å². The van der Waals surface area contributed by atoms with Crippen molar-refractivity contribution in [2.24, 2.45) is 0 Å². The predicted octanol–water partition coefficient (Wildman–Crippen LogP) is 5.44. The molecule has 0 fully saturated rings. The van der Waals surface area contributed by atoms with Gasteiger partial charge in [-0.2, -0.15) is 0 Å². The lowest BCUT2D eigenvalue weighted by Crippen LogP contribution is -2.44. The molecule has 0 spiro atoms. The average molecular weight is 364 g/mol. The highest BCUT2D eigenvalue weighted by Crippen LogP contribution is 2.34. The summed E-state index contributed by atoms with van der Waals surface area (Å²) in [6.07, 6.45) is 2.00. The molecule has 0 N–H and O–H groups in total. The van der Waals surface area contributed by atoms with E-state index in [1.165, 1.54) is 22.4 Å². The average Bonchev–Trinajstić information content (AvgIpc) is 2.88. The Bertz CT molecular complexity index is 1010. The molecule has 3 nitrogen and oxygen atoms in total. The van der Waals surface area contributed by atoms with E-state index in [1.54, 1.807) is 6.92 Å². The van der Waals surface area contributed by atoms with Crippen LogP contribution in [-0.2, 0) is 0 Å². The third kappa shape index (κ3) is 3.44. The first-order chi connectivity index (χ1) is 12.6. The Morgan fingerprint density at radius 1 is 1.11 bits per heavy atom. The van der Waals surface area contributed by atoms with Crippen LogP contribution in [0.25, 0.3) is 5.52 Å². The van der Waals surface area contributed by atoms with Crippen molar-refractivity contribution in [2.75, 3.05) is 20.6 Å². The van der Waals surface area contributed by atoms with Crippen LogP contribution in [0.5, 0.6) is 0 Å². The van der Waals surface area contributed by atoms with Gasteiger partial charge in [0.15, 0.2) is 5.78 Å². The molecule has 27 heavy (non-hydrogen) atoms. The number of carbonyl (C=O) groups is 1. The second-order valence-electron chi connectivity index (χ2n) is 8.46. The van der Waals surface area contributed by atoms with E-state index < -0.39 is 0 Å². The number of likely N-dealkylation sites (N-methyl/N-ethyl adjacent to an activating group) is 1. The summed E-state index contributed by atoms with van der Waals surface area (Å²) >= 11 is 0. The number of fused-ring (bicyclic) bond motifs is 1. The summed E-state index contributed by atoms with van der Waals surface area (Å²) < 4.78 is 2.87. The van der Waals surface area contributed by atoms with Gasteiger partial charge in [0.05, 0.1) is 26.3 Å². The second kappa shape index (κ2) is 6.97. The Kier molecular flexibility index (Phi) is 5.00. The summed E-state index contributed by atoms with van der Waals surface area (Å²) in [5.41, 5.74) is 8.33. The smallest absolute Gasteiger partial charge is 0.176 e. The van der Waals surface area contributed by atoms with Crippen LogP contribution in [0.15, 0.2) is 42.6 Å². The van der Waals surface area contributed by atoms with Gasteiger partial charge >= 0.3 is 0 Å². The second-order valence-corrected chi connectivity index (χ2v) is 8.46. The maximum absolute atomic E-state index is 12.3. The van der Waals surface area contributed by atoms with Gasteiger partial charge in [0, 0.05) is 36.2 Å². The molecule has 0 aliphatic rings. The summed E-state index contributed by atoms with van der Waals surface area (Å²) in [4.78, 5) is 12.3. The van der Waals surface area contributed by atoms with Crippen molar-refractivity contribution in [3.8, 4) is 0 Å². The molecule has 2 aromatic heterocycles. The van der Waals surface area contributed by atoms with Crippen molar-refractivity contribution in [3.63, 3.8) is 0 Å². The molecule has 0 aliphatic carbocycles. The van der Waals surface area contributed by atoms with E-state index in [2.05, 4.69) is 76.5 Å². The van der Waals surface area contributed by atoms with E-state index in [9.17, 15) is 4.79 Å². The van der Waals surface area contributed by atoms with Crippen LogP contribution in [0.4, 0.5) is 5.69 Å². The number of aromatic nitrogens is 1. The minimum Gasteiger partial charge on any atom is -0.313 e. The zero-order chi connectivity index (χ0) is 19.9. The topological polar surface area (TPSA) is 21.5 Å². The molecule has 1 unspecified atom stereocenters. The van der Waals surface area contributed by atoms with Gasteiger partial charge in [-0.25, -0.2) is 0 Å². The highest BCUT2D eigenvalue weighted by atomic mass is 16.1. The lowest BCUT2D eigenvalue weighted by Gasteiger charge is -2.33. The SMILES string of the molecule is CC(=O)c1c(C)c(C(C)C[N+](C)(C)c2cc(C)ccc2C)c2ccccn12. The fourth-order valence-corrected chi connectivity index (χ4v) is 4.66. The van der Waals surface area contributed by atoms with E-state index in [0.29, 0.717) is 5.92 Å². The largest absolute Gasteiger partial charge is 0.313 e. The first kappa shape index (κ1) is 19.4. The maximum atomic E-state index is 12.3. The van der Waals surface area contributed by atoms with Crippen LogP contribution in [0.2, 0.25) is 0 Å². The van der Waals surface area contributed by atoms with Crippen molar-refractivity contribution in [1.82, 2.24) is 8.88 Å². The van der Waals surface area contributed by atoms with E-state index in [-0.39, 0.29) is 5.78 Å². The Morgan fingerprint density at radius 2 is 1.81 bits per heavy atom. The lowest BCUT2D eigenvalue weighted by atomic mass is 9.95. The Hall–Kier alpha value is -2.39. The number of carbonyl (C=O) groups excluding carboxylic acids is 1. The van der Waals surface area contributed by atoms with Crippen molar-refractivity contribution in [2.45, 2.75) is 40.5 Å². The predicted molar refractivity (Wildman–Crippen MR) is 115 cm³/mol. The van der Waals surface area contributed by atoms with Gasteiger partial charge in [0.2, 0.25) is 0 Å². The number of pyridine rings is 1. The minimum absolute atomic E-state index is 0.121. The van der Waals surface area contributed by atoms with Crippen molar-refractivity contribution >= 4 is 17.0 Å². The number of quaternary nitrogens is 1. The number of hydrogen-bond donors (Lipinski definition) is 0. The van der Waals surface area contributed by atoms with Crippen LogP contribution in [0.1, 0.15) is 52.5 Å². The molecule has 0 radical (unpaired) electrons. The quantitative estimate of drug-likeness (QED) is 0.437. The zero-order valence-corrected chi connectivity index (χ0v) is 17.6. The lowest BCUT2D eigenvalue weighted by molar-refractivity contribution is 0.101. The molecule has 142 valence electrons. The number of nitrogens with zero attached hydrogens (tertiary/aromatic N) is 2. The minimum atomic E-state index is 0.121. The first-order valence-electron chi connectivity index (χ1n) is 9.64. The standard InChI is InChI=1S/C24H31N2O/c1-16-11-12-17(2)22(14-16)26(6,7)15-18(3)23-19(4)24(20(5)27)25-13-9-8-10-21(23)25/h8-14,18H,15H2,1-7H3/q+1. The van der Waals surface area contributed by atoms with Gasteiger partial charge in [-0.1, -0.05) is 25.1 Å². The summed E-state index contributed by atoms with van der Waals surface area (Å²) in [5, 5.41) is 0. The number of aryl methyl sites for hydroxylation is 2. The Morgan fingerprint density at radius 3 is 2.48 bits per heavy atom. The van der Waals surface area contributed by atoms with E-state index in [4.69, 9.17) is 0 Å². The number of Topliss-reactive ketones (excluding diaryl/α,β-unsaturated/α-hetero) is 1. The normalized spacial score (nSPS) is 13.1. The molecule has 0 aliphatic heterocycles. The monoisotopic (exact) mass is 363 g/mol. The van der Waals surface area contributed by atoms with Gasteiger partial charge in [-0.3, -0.25) is 9.28 Å². The van der Waals surface area contributed by atoms with Gasteiger partial charge in [-0.15, -0.1) is 0 Å². The van der Waals surface area contributed by atoms with E-state index in [1.807, 2.05) is 12.3 Å². The molecule has 3 heteroatoms. The number of rotatable bonds is 5. The summed E-state index contributed by atoms with van der Waals surface area (Å²) in [7, 11) is 4.55. The van der Waals surface area contributed by atoms with Gasteiger partial charge in [-0.05, 0) is 49.6 Å². The summed E-state index contributed by atoms with van der Waals surface area (Å²) in [5.74, 6) is 0.445. The van der Waals surface area contributed by atoms with Gasteiger partial charge < -0.3 is 4.40 Å². The molecule has 0 saturated heterocycles. The highest BCUT2D eigenvalue weighted by Gasteiger charge is 2.29. The molecule has 0 amide bonds. The van der Waals surface area contributed by atoms with Crippen LogP contribution < -0.4 is 4.48 Å². The number of benzene rings is 1. The maximum Gasteiger partial charge on any atom is 0.176 e. The van der Waals surface area contributed by atoms with Crippen molar-refractivity contribution in [3.05, 3.63) is 70.5 Å². The molecule has 3 aromatic rings. The zero-order valence-electron chi connectivity index (χ0n) is 17.6. The third-order valence-corrected chi connectivity index (χ3v) is 5.71. The fourth-order valence-electron chi connectivity index (χ4n) is 4.66. The summed E-state index contributed by atoms with van der Waals surface area (Å²) in [6, 6.07) is 12.9. The van der Waals surface area contributed by atoms with Crippen LogP contribution >= 0.6 is 0 Å². The van der Waals surface area contributed by atoms with Crippen LogP contribution in [-0.4, -0.2) is 30.8 Å². The molecular weight excluding hydrogens is 332 g/mol. The van der Waals surface area contributed by atoms with Crippen molar-refractivity contribution < 1.29 is 4.79 Å². The Balaban J connectivity index is 2.06. The van der Waals surface area contributed by atoms with Crippen molar-refractivity contribution in [1.29, 1.82) is 0 Å². The first-order valence-corrected chi connectivity index (χ1v) is 9.64. The molecule has 3 rings (SSSR count). The number of ketones is 1. The molecule has 0 bridgehead atoms. The third-order valence-electron chi connectivity index (χ3n) is 5.71. The number of hydrogen-bond acceptors (Lipinski definition) is 1. The molecule has 0 saturated carbocycles. The van der Waals surface area contributed by atoms with Crippen LogP contribution in [0.3, 0.4) is 0 Å². The molecular formula is C24H31N2O+. The highest BCUT2D eigenvalue weighted by molar-refractivity contribution is 5.96. The summed E-state index contributed by atoms with van der Waals surface area (Å²) in [6.45, 7) is 11.3. The van der Waals surface area contributed by atoms with Gasteiger partial charge in [0.25, 0.3) is 0 Å². The van der Waals surface area contributed by atoms with E-state index in [0.717, 1.165) is 27.8 Å². The molecule has 1 atom stereocenters. The van der Waals surface area contributed by atoms with Crippen LogP contribution in [0, 0.1) is 20.8 Å². The molecule has 1 aromatic carbocycles. The molecule has 2 heterocycles. The fraction of sp³-hybridized carbons (Fsp3) is 0.375.